The SMILES string of the molecule is C/C=C(/CC(=S)ON(C)C(=O)c1cc(C2=C[CH]2)ccc1OC)ON(C)C(=O)c1cc(C2=C[CH]2)ccc1OC. The first kappa shape index (κ1) is 26.9. The van der Waals surface area contributed by atoms with Gasteiger partial charge >= 0.3 is 0 Å². The van der Waals surface area contributed by atoms with Gasteiger partial charge in [-0.05, 0) is 71.8 Å². The molecule has 0 unspecified atom stereocenters. The van der Waals surface area contributed by atoms with Crippen LogP contribution < -0.4 is 9.47 Å². The molecule has 2 aromatic rings. The number of hydrogen-bond acceptors (Lipinski definition) is 7. The third kappa shape index (κ3) is 6.23. The monoisotopic (exact) mass is 532 g/mol. The summed E-state index contributed by atoms with van der Waals surface area (Å²) in [6, 6.07) is 10.8. The van der Waals surface area contributed by atoms with Crippen molar-refractivity contribution in [2.24, 2.45) is 0 Å². The van der Waals surface area contributed by atoms with Crippen LogP contribution in [0.3, 0.4) is 0 Å². The van der Waals surface area contributed by atoms with Gasteiger partial charge in [-0.25, -0.2) is 0 Å². The van der Waals surface area contributed by atoms with E-state index < -0.39 is 11.8 Å². The van der Waals surface area contributed by atoms with Crippen molar-refractivity contribution in [1.29, 1.82) is 0 Å². The van der Waals surface area contributed by atoms with Crippen LogP contribution in [-0.2, 0) is 9.68 Å². The highest BCUT2D eigenvalue weighted by molar-refractivity contribution is 7.80. The summed E-state index contributed by atoms with van der Waals surface area (Å²) in [5.74, 6) is 0.424. The lowest BCUT2D eigenvalue weighted by molar-refractivity contribution is -0.0694. The maximum atomic E-state index is 13.1. The number of methoxy groups -OCH3 is 2. The van der Waals surface area contributed by atoms with Crippen molar-refractivity contribution >= 4 is 40.2 Å². The number of nitrogens with zero attached hydrogens (tertiary/aromatic N) is 2. The minimum atomic E-state index is -0.419. The second-order valence-corrected chi connectivity index (χ2v) is 8.95. The number of allylic oxidation sites excluding steroid dienone is 5. The highest BCUT2D eigenvalue weighted by Gasteiger charge is 2.24. The Morgan fingerprint density at radius 1 is 0.816 bits per heavy atom. The van der Waals surface area contributed by atoms with Crippen molar-refractivity contribution in [3.63, 3.8) is 0 Å². The molecule has 0 N–H and O–H groups in total. The molecule has 0 spiro atoms. The summed E-state index contributed by atoms with van der Waals surface area (Å²) in [5, 5.41) is 2.25. The molecule has 9 heteroatoms. The van der Waals surface area contributed by atoms with Crippen LogP contribution in [-0.4, -0.2) is 55.3 Å². The zero-order valence-corrected chi connectivity index (χ0v) is 22.6. The number of rotatable bonds is 10. The number of amides is 2. The second kappa shape index (κ2) is 11.5. The fraction of sp³-hybridized carbons (Fsp3) is 0.207. The van der Waals surface area contributed by atoms with E-state index in [2.05, 4.69) is 0 Å². The van der Waals surface area contributed by atoms with E-state index in [1.54, 1.807) is 37.3 Å². The molecule has 0 atom stereocenters. The Labute approximate surface area is 227 Å². The van der Waals surface area contributed by atoms with E-state index in [0.29, 0.717) is 28.4 Å². The first-order chi connectivity index (χ1) is 18.2. The van der Waals surface area contributed by atoms with Gasteiger partial charge in [-0.15, -0.1) is 0 Å². The lowest BCUT2D eigenvalue weighted by Crippen LogP contribution is -2.31. The summed E-state index contributed by atoms with van der Waals surface area (Å²) < 4.78 is 10.7. The molecule has 38 heavy (non-hydrogen) atoms. The molecule has 2 amide bonds. The first-order valence-electron chi connectivity index (χ1n) is 11.8. The summed E-state index contributed by atoms with van der Waals surface area (Å²) in [6.07, 6.45) is 9.58. The topological polar surface area (TPSA) is 77.5 Å². The number of benzene rings is 2. The van der Waals surface area contributed by atoms with E-state index in [1.807, 2.05) is 37.1 Å². The molecule has 0 saturated heterocycles. The van der Waals surface area contributed by atoms with Crippen LogP contribution in [0.2, 0.25) is 0 Å². The quantitative estimate of drug-likeness (QED) is 0.235. The molecule has 196 valence electrons. The predicted octanol–water partition coefficient (Wildman–Crippen LogP) is 5.24. The van der Waals surface area contributed by atoms with E-state index in [0.717, 1.165) is 32.4 Å². The predicted molar refractivity (Wildman–Crippen MR) is 148 cm³/mol. The lowest BCUT2D eigenvalue weighted by atomic mass is 10.1. The summed E-state index contributed by atoms with van der Waals surface area (Å²) >= 11 is 5.37. The van der Waals surface area contributed by atoms with Gasteiger partial charge in [0.2, 0.25) is 5.05 Å². The Morgan fingerprint density at radius 2 is 1.26 bits per heavy atom. The maximum Gasteiger partial charge on any atom is 0.289 e. The summed E-state index contributed by atoms with van der Waals surface area (Å²) in [7, 11) is 5.99. The molecule has 0 fully saturated rings. The zero-order chi connectivity index (χ0) is 27.4. The van der Waals surface area contributed by atoms with E-state index in [4.69, 9.17) is 31.4 Å². The molecule has 0 aromatic heterocycles. The van der Waals surface area contributed by atoms with Crippen LogP contribution in [0, 0.1) is 12.8 Å². The maximum absolute atomic E-state index is 13.1. The number of ether oxygens (including phenoxy) is 2. The molecular formula is C29H28N2O6S. The molecule has 2 aliphatic rings. The molecule has 4 rings (SSSR count). The Balaban J connectivity index is 1.38. The highest BCUT2D eigenvalue weighted by Crippen LogP contribution is 2.34. The van der Waals surface area contributed by atoms with Crippen molar-refractivity contribution < 1.29 is 28.7 Å². The first-order valence-corrected chi connectivity index (χ1v) is 12.2. The van der Waals surface area contributed by atoms with Gasteiger partial charge in [-0.1, -0.05) is 24.3 Å². The molecular weight excluding hydrogens is 504 g/mol. The number of thiocarbonyl (C=S) groups is 1. The van der Waals surface area contributed by atoms with Crippen molar-refractivity contribution in [3.8, 4) is 11.5 Å². The van der Waals surface area contributed by atoms with Crippen molar-refractivity contribution in [2.45, 2.75) is 13.3 Å². The fourth-order valence-electron chi connectivity index (χ4n) is 3.69. The normalized spacial score (nSPS) is 13.6. The van der Waals surface area contributed by atoms with E-state index in [1.165, 1.54) is 28.3 Å². The Bertz CT molecular complexity index is 1380. The molecule has 8 nitrogen and oxygen atoms in total. The second-order valence-electron chi connectivity index (χ2n) is 8.50. The van der Waals surface area contributed by atoms with Crippen molar-refractivity contribution in [3.05, 3.63) is 95.5 Å². The smallest absolute Gasteiger partial charge is 0.289 e. The summed E-state index contributed by atoms with van der Waals surface area (Å²) in [6.45, 7) is 1.75. The molecule has 0 bridgehead atoms. The molecule has 2 aromatic carbocycles. The van der Waals surface area contributed by atoms with Crippen LogP contribution in [0.25, 0.3) is 11.1 Å². The number of carbonyl (C=O) groups excluding carboxylic acids is 2. The van der Waals surface area contributed by atoms with E-state index in [-0.39, 0.29) is 11.5 Å². The summed E-state index contributed by atoms with van der Waals surface area (Å²) in [5.41, 5.74) is 4.67. The highest BCUT2D eigenvalue weighted by atomic mass is 32.1. The average molecular weight is 533 g/mol. The third-order valence-electron chi connectivity index (χ3n) is 5.90. The van der Waals surface area contributed by atoms with Gasteiger partial charge in [0.15, 0.2) is 0 Å². The van der Waals surface area contributed by atoms with Gasteiger partial charge in [-0.3, -0.25) is 9.59 Å². The van der Waals surface area contributed by atoms with E-state index in [9.17, 15) is 9.59 Å². The van der Waals surface area contributed by atoms with E-state index >= 15 is 0 Å². The largest absolute Gasteiger partial charge is 0.496 e. The van der Waals surface area contributed by atoms with Gasteiger partial charge in [0.25, 0.3) is 11.8 Å². The molecule has 0 saturated carbocycles. The molecule has 2 aliphatic carbocycles. The Hall–Kier alpha value is -4.11. The average Bonchev–Trinajstić information content (AvgIpc) is 3.84. The van der Waals surface area contributed by atoms with Crippen LogP contribution in [0.5, 0.6) is 11.5 Å². The minimum Gasteiger partial charge on any atom is -0.496 e. The van der Waals surface area contributed by atoms with Crippen molar-refractivity contribution in [1.82, 2.24) is 10.1 Å². The van der Waals surface area contributed by atoms with Gasteiger partial charge in [0, 0.05) is 26.9 Å². The zero-order valence-electron chi connectivity index (χ0n) is 21.8. The third-order valence-corrected chi connectivity index (χ3v) is 6.12. The fourth-order valence-corrected chi connectivity index (χ4v) is 3.94. The van der Waals surface area contributed by atoms with Gasteiger partial charge in [0.05, 0.1) is 31.8 Å². The standard InChI is InChI=1S/C29H28N2O6S/c1-6-22(36-30(2)28(32)23-15-20(18-7-8-18)11-13-25(23)34-4)17-27(38)37-31(3)29(33)24-16-21(19-9-10-19)12-14-26(24)35-5/h6-16H,17H2,1-5H3/b22-6-. The summed E-state index contributed by atoms with van der Waals surface area (Å²) in [4.78, 5) is 37.6. The van der Waals surface area contributed by atoms with Gasteiger partial charge < -0.3 is 19.1 Å². The number of hydrogen-bond donors (Lipinski definition) is 0. The Kier molecular flexibility index (Phi) is 8.16. The van der Waals surface area contributed by atoms with Crippen LogP contribution in [0.4, 0.5) is 0 Å². The van der Waals surface area contributed by atoms with Crippen LogP contribution in [0.15, 0.2) is 60.4 Å². The van der Waals surface area contributed by atoms with Crippen LogP contribution >= 0.6 is 12.2 Å². The van der Waals surface area contributed by atoms with Gasteiger partial charge in [0.1, 0.15) is 17.3 Å². The molecule has 2 radical (unpaired) electrons. The molecule has 0 aliphatic heterocycles. The Morgan fingerprint density at radius 3 is 1.66 bits per heavy atom. The van der Waals surface area contributed by atoms with Gasteiger partial charge in [-0.2, -0.15) is 10.1 Å². The number of carbonyl (C=O) groups is 2. The van der Waals surface area contributed by atoms with Crippen molar-refractivity contribution in [2.75, 3.05) is 28.3 Å². The van der Waals surface area contributed by atoms with Crippen LogP contribution in [0.1, 0.15) is 45.2 Å². The molecule has 0 heterocycles. The lowest BCUT2D eigenvalue weighted by Gasteiger charge is -2.23. The number of hydroxylamine groups is 4. The minimum absolute atomic E-state index is 0.0547.